The summed E-state index contributed by atoms with van der Waals surface area (Å²) in [5.41, 5.74) is 7.35. The highest BCUT2D eigenvalue weighted by Gasteiger charge is 2.40. The zero-order chi connectivity index (χ0) is 34.3. The number of rotatable bonds is 7. The highest BCUT2D eigenvalue weighted by atomic mass is 16.5. The molecule has 0 saturated carbocycles. The first-order valence-corrected chi connectivity index (χ1v) is 16.8. The summed E-state index contributed by atoms with van der Waals surface area (Å²) in [4.78, 5) is 50.6. The standard InChI is InChI=1S/C37H40N8O4/c1-37(2,42-19-20-43-27(24-42)12-15-32(43)46)21-25(22-38)35(47)41-18-6-7-28(23-41)44-31-16-17-40-34(39)33(31)45(36(44)48)26-10-13-30(14-11-26)49-29-8-4-3-5-9-29/h3-5,8-11,13-14,16-17,21,27-28H,6-7,12,15,18-20,23-24H2,1-2H3,(H2,39,40)/b25-21-/t27-,28-/m1/s1. The van der Waals surface area contributed by atoms with Crippen LogP contribution in [0, 0.1) is 11.3 Å². The first-order chi connectivity index (χ1) is 23.6. The number of amides is 2. The summed E-state index contributed by atoms with van der Waals surface area (Å²) in [7, 11) is 0. The number of aromatic nitrogens is 3. The summed E-state index contributed by atoms with van der Waals surface area (Å²) in [6.45, 7) is 6.81. The maximum atomic E-state index is 14.3. The number of anilines is 1. The second-order valence-electron chi connectivity index (χ2n) is 13.6. The summed E-state index contributed by atoms with van der Waals surface area (Å²) < 4.78 is 9.22. The first-order valence-electron chi connectivity index (χ1n) is 16.8. The van der Waals surface area contributed by atoms with Gasteiger partial charge in [0.15, 0.2) is 0 Å². The van der Waals surface area contributed by atoms with Crippen molar-refractivity contribution in [1.82, 2.24) is 28.8 Å². The molecule has 0 radical (unpaired) electrons. The number of carbonyl (C=O) groups is 2. The number of nitrogens with zero attached hydrogens (tertiary/aromatic N) is 7. The van der Waals surface area contributed by atoms with Crippen molar-refractivity contribution in [3.8, 4) is 23.3 Å². The number of nitriles is 1. The van der Waals surface area contributed by atoms with Crippen molar-refractivity contribution in [2.75, 3.05) is 38.5 Å². The highest BCUT2D eigenvalue weighted by Crippen LogP contribution is 2.32. The Bertz CT molecular complexity index is 2030. The third-order valence-electron chi connectivity index (χ3n) is 10.1. The van der Waals surface area contributed by atoms with Crippen LogP contribution >= 0.6 is 0 Å². The molecule has 2 atom stereocenters. The average Bonchev–Trinajstić information content (AvgIpc) is 3.64. The van der Waals surface area contributed by atoms with Gasteiger partial charge in [0, 0.05) is 56.9 Å². The normalized spacial score (nSPS) is 20.3. The van der Waals surface area contributed by atoms with E-state index in [1.165, 1.54) is 0 Å². The topological polar surface area (TPSA) is 143 Å². The van der Waals surface area contributed by atoms with Crippen molar-refractivity contribution < 1.29 is 14.3 Å². The molecular formula is C37H40N8O4. The Morgan fingerprint density at radius 1 is 0.980 bits per heavy atom. The Morgan fingerprint density at radius 2 is 1.73 bits per heavy atom. The van der Waals surface area contributed by atoms with E-state index in [-0.39, 0.29) is 47.5 Å². The van der Waals surface area contributed by atoms with Gasteiger partial charge < -0.3 is 20.3 Å². The van der Waals surface area contributed by atoms with Crippen LogP contribution in [0.15, 0.2) is 83.3 Å². The Balaban J connectivity index is 1.14. The molecule has 5 heterocycles. The summed E-state index contributed by atoms with van der Waals surface area (Å²) in [6, 6.07) is 20.4. The minimum absolute atomic E-state index is 0.0802. The molecule has 2 amide bonds. The number of benzene rings is 2. The zero-order valence-electron chi connectivity index (χ0n) is 27.8. The lowest BCUT2D eigenvalue weighted by Crippen LogP contribution is -2.57. The van der Waals surface area contributed by atoms with Gasteiger partial charge in [-0.05, 0) is 81.7 Å². The van der Waals surface area contributed by atoms with Crippen molar-refractivity contribution in [3.05, 3.63) is 89.0 Å². The molecule has 3 aliphatic rings. The van der Waals surface area contributed by atoms with Gasteiger partial charge in [-0.3, -0.25) is 23.6 Å². The van der Waals surface area contributed by atoms with Crippen LogP contribution in [0.5, 0.6) is 11.5 Å². The van der Waals surface area contributed by atoms with E-state index >= 15 is 0 Å². The summed E-state index contributed by atoms with van der Waals surface area (Å²) >= 11 is 0. The van der Waals surface area contributed by atoms with E-state index in [9.17, 15) is 19.6 Å². The molecule has 3 aliphatic heterocycles. The number of fused-ring (bicyclic) bond motifs is 2. The van der Waals surface area contributed by atoms with Crippen molar-refractivity contribution in [2.45, 2.75) is 57.2 Å². The summed E-state index contributed by atoms with van der Waals surface area (Å²) in [5, 5.41) is 10.2. The smallest absolute Gasteiger partial charge is 0.334 e. The zero-order valence-corrected chi connectivity index (χ0v) is 27.8. The molecule has 0 aliphatic carbocycles. The van der Waals surface area contributed by atoms with Gasteiger partial charge in [-0.1, -0.05) is 18.2 Å². The molecule has 252 valence electrons. The van der Waals surface area contributed by atoms with Gasteiger partial charge in [-0.25, -0.2) is 9.78 Å². The van der Waals surface area contributed by atoms with E-state index in [4.69, 9.17) is 10.5 Å². The molecule has 2 N–H and O–H groups in total. The fourth-order valence-electron chi connectivity index (χ4n) is 7.56. The van der Waals surface area contributed by atoms with E-state index in [0.29, 0.717) is 73.7 Å². The minimum atomic E-state index is -0.565. The monoisotopic (exact) mass is 660 g/mol. The lowest BCUT2D eigenvalue weighted by molar-refractivity contribution is -0.131. The minimum Gasteiger partial charge on any atom is -0.457 e. The molecular weight excluding hydrogens is 620 g/mol. The number of hydrogen-bond donors (Lipinski definition) is 1. The first kappa shape index (κ1) is 32.2. The number of imidazole rings is 1. The lowest BCUT2D eigenvalue weighted by Gasteiger charge is -2.45. The number of likely N-dealkylation sites (tertiary alicyclic amines) is 1. The molecule has 12 heteroatoms. The molecule has 2 aromatic carbocycles. The van der Waals surface area contributed by atoms with Crippen molar-refractivity contribution in [3.63, 3.8) is 0 Å². The van der Waals surface area contributed by atoms with E-state index in [1.54, 1.807) is 44.5 Å². The maximum absolute atomic E-state index is 14.3. The number of ether oxygens (including phenoxy) is 1. The van der Waals surface area contributed by atoms with Crippen LogP contribution in [-0.2, 0) is 9.59 Å². The number of nitrogen functional groups attached to an aromatic ring is 1. The van der Waals surface area contributed by atoms with E-state index in [0.717, 1.165) is 6.42 Å². The van der Waals surface area contributed by atoms with Gasteiger partial charge in [0.1, 0.15) is 34.5 Å². The SMILES string of the molecule is CC(C)(/C=C(/C#N)C(=O)N1CCC[C@@H](n2c(=O)n(-c3ccc(Oc4ccccc4)cc3)c3c(N)nccc32)C1)N1CCN2C(=O)CC[C@@H]2C1. The predicted octanol–water partition coefficient (Wildman–Crippen LogP) is 4.26. The molecule has 0 bridgehead atoms. The molecule has 3 fully saturated rings. The number of nitrogens with two attached hydrogens (primary N) is 1. The Labute approximate surface area is 284 Å². The third-order valence-corrected chi connectivity index (χ3v) is 10.1. The van der Waals surface area contributed by atoms with Gasteiger partial charge in [0.05, 0.1) is 17.2 Å². The lowest BCUT2D eigenvalue weighted by atomic mass is 9.95. The van der Waals surface area contributed by atoms with E-state index in [1.807, 2.05) is 61.2 Å². The largest absolute Gasteiger partial charge is 0.457 e. The molecule has 49 heavy (non-hydrogen) atoms. The number of pyridine rings is 1. The summed E-state index contributed by atoms with van der Waals surface area (Å²) in [5.74, 6) is 1.41. The van der Waals surface area contributed by atoms with Gasteiger partial charge in [-0.2, -0.15) is 5.26 Å². The molecule has 2 aromatic heterocycles. The van der Waals surface area contributed by atoms with Crippen molar-refractivity contribution >= 4 is 28.7 Å². The van der Waals surface area contributed by atoms with Crippen LogP contribution in [0.2, 0.25) is 0 Å². The second-order valence-corrected chi connectivity index (χ2v) is 13.6. The van der Waals surface area contributed by atoms with Crippen LogP contribution in [0.4, 0.5) is 5.82 Å². The van der Waals surface area contributed by atoms with Crippen LogP contribution in [-0.4, -0.2) is 84.9 Å². The maximum Gasteiger partial charge on any atom is 0.334 e. The van der Waals surface area contributed by atoms with Crippen LogP contribution in [0.1, 0.15) is 45.6 Å². The Morgan fingerprint density at radius 3 is 2.49 bits per heavy atom. The van der Waals surface area contributed by atoms with Gasteiger partial charge >= 0.3 is 5.69 Å². The van der Waals surface area contributed by atoms with E-state index in [2.05, 4.69) is 16.0 Å². The van der Waals surface area contributed by atoms with Crippen LogP contribution in [0.3, 0.4) is 0 Å². The Hall–Kier alpha value is -5.41. The number of hydrogen-bond acceptors (Lipinski definition) is 8. The van der Waals surface area contributed by atoms with Gasteiger partial charge in [0.25, 0.3) is 5.91 Å². The average molecular weight is 661 g/mol. The molecule has 3 saturated heterocycles. The number of carbonyl (C=O) groups excluding carboxylic acids is 2. The molecule has 0 spiro atoms. The molecule has 4 aromatic rings. The fourth-order valence-corrected chi connectivity index (χ4v) is 7.56. The predicted molar refractivity (Wildman–Crippen MR) is 185 cm³/mol. The van der Waals surface area contributed by atoms with Crippen molar-refractivity contribution in [1.29, 1.82) is 5.26 Å². The van der Waals surface area contributed by atoms with E-state index < -0.39 is 5.54 Å². The quantitative estimate of drug-likeness (QED) is 0.229. The molecule has 12 nitrogen and oxygen atoms in total. The van der Waals surface area contributed by atoms with Crippen LogP contribution < -0.4 is 16.2 Å². The second kappa shape index (κ2) is 12.9. The number of piperidine rings is 1. The summed E-state index contributed by atoms with van der Waals surface area (Å²) in [6.07, 6.45) is 6.10. The molecule has 0 unspecified atom stereocenters. The number of piperazine rings is 1. The van der Waals surface area contributed by atoms with Crippen molar-refractivity contribution in [2.24, 2.45) is 0 Å². The fraction of sp³-hybridized carbons (Fsp3) is 0.378. The number of para-hydroxylation sites is 1. The highest BCUT2D eigenvalue weighted by molar-refractivity contribution is 5.97. The van der Waals surface area contributed by atoms with Gasteiger partial charge in [-0.15, -0.1) is 0 Å². The van der Waals surface area contributed by atoms with Gasteiger partial charge in [0.2, 0.25) is 5.91 Å². The third kappa shape index (κ3) is 6.06. The van der Waals surface area contributed by atoms with Crippen LogP contribution in [0.25, 0.3) is 16.7 Å². The molecule has 7 rings (SSSR count). The Kier molecular flexibility index (Phi) is 8.46.